The summed E-state index contributed by atoms with van der Waals surface area (Å²) in [6.45, 7) is 4.10. The van der Waals surface area contributed by atoms with Gasteiger partial charge >= 0.3 is 5.69 Å². The average molecular weight is 341 g/mol. The minimum absolute atomic E-state index is 0.165. The van der Waals surface area contributed by atoms with Crippen LogP contribution in [0.3, 0.4) is 0 Å². The Morgan fingerprint density at radius 3 is 2.55 bits per heavy atom. The highest BCUT2D eigenvalue weighted by atomic mass is 32.2. The van der Waals surface area contributed by atoms with E-state index in [0.29, 0.717) is 6.54 Å². The molecule has 9 heteroatoms. The highest BCUT2D eigenvalue weighted by Gasteiger charge is 2.26. The van der Waals surface area contributed by atoms with Crippen LogP contribution in [-0.4, -0.2) is 24.6 Å². The molecule has 0 saturated heterocycles. The molecule has 0 aliphatic carbocycles. The molecule has 0 amide bonds. The summed E-state index contributed by atoms with van der Waals surface area (Å²) in [6.07, 6.45) is 0.951. The zero-order valence-corrected chi connectivity index (χ0v) is 13.9. The quantitative estimate of drug-likeness (QED) is 0.662. The van der Waals surface area contributed by atoms with Gasteiger partial charge in [0, 0.05) is 11.1 Å². The van der Waals surface area contributed by atoms with Crippen LogP contribution >= 0.6 is 11.3 Å². The summed E-state index contributed by atoms with van der Waals surface area (Å²) >= 11 is 1.54. The van der Waals surface area contributed by atoms with Crippen LogP contribution in [0.25, 0.3) is 0 Å². The van der Waals surface area contributed by atoms with Crippen molar-refractivity contribution in [2.45, 2.75) is 25.3 Å². The van der Waals surface area contributed by atoms with Gasteiger partial charge in [-0.3, -0.25) is 10.1 Å². The van der Waals surface area contributed by atoms with E-state index in [-0.39, 0.29) is 10.6 Å². The molecule has 0 fully saturated rings. The topological polar surface area (TPSA) is 102 Å². The van der Waals surface area contributed by atoms with Gasteiger partial charge < -0.3 is 5.32 Å². The third kappa shape index (κ3) is 3.42. The molecule has 22 heavy (non-hydrogen) atoms. The summed E-state index contributed by atoms with van der Waals surface area (Å²) in [5.74, 6) is 0. The zero-order valence-electron chi connectivity index (χ0n) is 12.3. The van der Waals surface area contributed by atoms with Gasteiger partial charge in [0.2, 0.25) is 0 Å². The molecular formula is C13H15N3O4S2. The maximum Gasteiger partial charge on any atom is 0.310 e. The zero-order chi connectivity index (χ0) is 16.5. The molecule has 118 valence electrons. The lowest BCUT2D eigenvalue weighted by molar-refractivity contribution is -0.386. The maximum absolute atomic E-state index is 11.7. The molecule has 7 nitrogen and oxygen atoms in total. The number of nitrogens with one attached hydrogen (secondary N) is 1. The Morgan fingerprint density at radius 2 is 2.05 bits per heavy atom. The van der Waals surface area contributed by atoms with Crippen molar-refractivity contribution in [3.05, 3.63) is 43.9 Å². The molecule has 0 atom stereocenters. The lowest BCUT2D eigenvalue weighted by atomic mass is 10.2. The van der Waals surface area contributed by atoms with Crippen LogP contribution < -0.4 is 5.32 Å². The highest BCUT2D eigenvalue weighted by Crippen LogP contribution is 2.32. The maximum atomic E-state index is 11.7. The fourth-order valence-corrected chi connectivity index (χ4v) is 3.76. The van der Waals surface area contributed by atoms with Crippen molar-refractivity contribution in [2.75, 3.05) is 11.6 Å². The van der Waals surface area contributed by atoms with Gasteiger partial charge in [0.1, 0.15) is 10.6 Å². The number of anilines is 1. The first-order valence-electron chi connectivity index (χ1n) is 6.34. The molecule has 0 radical (unpaired) electrons. The van der Waals surface area contributed by atoms with Gasteiger partial charge in [-0.2, -0.15) is 0 Å². The van der Waals surface area contributed by atoms with E-state index < -0.39 is 20.4 Å². The van der Waals surface area contributed by atoms with Crippen molar-refractivity contribution in [1.82, 2.24) is 4.98 Å². The summed E-state index contributed by atoms with van der Waals surface area (Å²) in [7, 11) is -3.68. The first-order valence-corrected chi connectivity index (χ1v) is 9.05. The van der Waals surface area contributed by atoms with Crippen LogP contribution in [0.15, 0.2) is 23.1 Å². The van der Waals surface area contributed by atoms with Crippen molar-refractivity contribution >= 4 is 32.5 Å². The first-order chi connectivity index (χ1) is 10.2. The molecule has 0 aliphatic rings. The molecule has 0 aliphatic heterocycles. The predicted molar refractivity (Wildman–Crippen MR) is 85.1 cm³/mol. The van der Waals surface area contributed by atoms with Crippen LogP contribution in [0, 0.1) is 24.0 Å². The van der Waals surface area contributed by atoms with Crippen molar-refractivity contribution in [1.29, 1.82) is 0 Å². The number of hydrogen-bond donors (Lipinski definition) is 1. The monoisotopic (exact) mass is 341 g/mol. The molecule has 2 rings (SSSR count). The van der Waals surface area contributed by atoms with Crippen molar-refractivity contribution in [3.8, 4) is 0 Å². The molecule has 1 N–H and O–H groups in total. The number of sulfone groups is 1. The van der Waals surface area contributed by atoms with E-state index in [1.165, 1.54) is 18.2 Å². The van der Waals surface area contributed by atoms with Crippen LogP contribution in [0.4, 0.5) is 11.4 Å². The number of rotatable bonds is 5. The number of benzene rings is 1. The van der Waals surface area contributed by atoms with E-state index >= 15 is 0 Å². The molecule has 0 bridgehead atoms. The lowest BCUT2D eigenvalue weighted by Crippen LogP contribution is -2.08. The van der Waals surface area contributed by atoms with Crippen molar-refractivity contribution in [3.63, 3.8) is 0 Å². The number of nitro benzene ring substituents is 1. The molecule has 0 saturated carbocycles. The van der Waals surface area contributed by atoms with E-state index in [0.717, 1.165) is 21.8 Å². The number of aromatic nitrogens is 1. The second-order valence-corrected chi connectivity index (χ2v) is 8.16. The highest BCUT2D eigenvalue weighted by molar-refractivity contribution is 7.90. The van der Waals surface area contributed by atoms with Gasteiger partial charge in [-0.25, -0.2) is 13.4 Å². The normalized spacial score (nSPS) is 11.4. The summed E-state index contributed by atoms with van der Waals surface area (Å²) in [6, 6.07) is 4.20. The van der Waals surface area contributed by atoms with Crippen molar-refractivity contribution in [2.24, 2.45) is 0 Å². The Labute approximate surface area is 132 Å². The number of aryl methyl sites for hydroxylation is 2. The Balaban J connectivity index is 2.39. The van der Waals surface area contributed by atoms with E-state index in [2.05, 4.69) is 10.3 Å². The third-order valence-electron chi connectivity index (χ3n) is 3.03. The van der Waals surface area contributed by atoms with Gasteiger partial charge in [-0.1, -0.05) is 6.07 Å². The minimum atomic E-state index is -3.68. The number of nitrogens with zero attached hydrogens (tertiary/aromatic N) is 2. The lowest BCUT2D eigenvalue weighted by Gasteiger charge is -2.09. The summed E-state index contributed by atoms with van der Waals surface area (Å²) in [5.41, 5.74) is 0.522. The van der Waals surface area contributed by atoms with Crippen LogP contribution in [-0.2, 0) is 16.4 Å². The predicted octanol–water partition coefficient (Wildman–Crippen LogP) is 2.68. The average Bonchev–Trinajstić information content (AvgIpc) is 2.73. The molecule has 1 aromatic heterocycles. The van der Waals surface area contributed by atoms with Gasteiger partial charge in [0.25, 0.3) is 0 Å². The Bertz CT molecular complexity index is 828. The Morgan fingerprint density at radius 1 is 1.36 bits per heavy atom. The number of nitro groups is 1. The SMILES string of the molecule is Cc1nc(CNc2cccc(S(C)(=O)=O)c2[N+](=O)[O-])c(C)s1. The molecule has 2 aromatic rings. The molecule has 0 spiro atoms. The first kappa shape index (κ1) is 16.4. The summed E-state index contributed by atoms with van der Waals surface area (Å²) < 4.78 is 23.4. The fraction of sp³-hybridized carbons (Fsp3) is 0.308. The van der Waals surface area contributed by atoms with Gasteiger partial charge in [-0.05, 0) is 26.0 Å². The second-order valence-electron chi connectivity index (χ2n) is 4.77. The van der Waals surface area contributed by atoms with E-state index in [1.807, 2.05) is 13.8 Å². The van der Waals surface area contributed by atoms with Crippen molar-refractivity contribution < 1.29 is 13.3 Å². The number of hydrogen-bond acceptors (Lipinski definition) is 7. The molecule has 1 heterocycles. The van der Waals surface area contributed by atoms with E-state index in [1.54, 1.807) is 11.3 Å². The summed E-state index contributed by atoms with van der Waals surface area (Å²) in [5, 5.41) is 15.1. The number of para-hydroxylation sites is 1. The smallest absolute Gasteiger partial charge is 0.310 e. The largest absolute Gasteiger partial charge is 0.374 e. The Kier molecular flexibility index (Phi) is 4.47. The standard InChI is InChI=1S/C13H15N3O4S2/c1-8-11(15-9(2)21-8)7-14-10-5-4-6-12(22(3,19)20)13(10)16(17)18/h4-6,14H,7H2,1-3H3. The summed E-state index contributed by atoms with van der Waals surface area (Å²) in [4.78, 5) is 15.6. The third-order valence-corrected chi connectivity index (χ3v) is 5.08. The second kappa shape index (κ2) is 6.01. The van der Waals surface area contributed by atoms with Crippen LogP contribution in [0.5, 0.6) is 0 Å². The fourth-order valence-electron chi connectivity index (χ4n) is 2.07. The van der Waals surface area contributed by atoms with E-state index in [4.69, 9.17) is 0 Å². The Hall–Kier alpha value is -2.00. The van der Waals surface area contributed by atoms with Crippen LogP contribution in [0.1, 0.15) is 15.6 Å². The van der Waals surface area contributed by atoms with Gasteiger partial charge in [-0.15, -0.1) is 11.3 Å². The molecule has 1 aromatic carbocycles. The van der Waals surface area contributed by atoms with Crippen LogP contribution in [0.2, 0.25) is 0 Å². The van der Waals surface area contributed by atoms with Gasteiger partial charge in [0.05, 0.1) is 22.2 Å². The molecule has 0 unspecified atom stereocenters. The van der Waals surface area contributed by atoms with E-state index in [9.17, 15) is 18.5 Å². The number of thiazole rings is 1. The van der Waals surface area contributed by atoms with Gasteiger partial charge in [0.15, 0.2) is 9.84 Å². The molecular weight excluding hydrogens is 326 g/mol. The minimum Gasteiger partial charge on any atom is -0.374 e.